The summed E-state index contributed by atoms with van der Waals surface area (Å²) in [4.78, 5) is 12.4. The highest BCUT2D eigenvalue weighted by Crippen LogP contribution is 2.31. The van der Waals surface area contributed by atoms with Gasteiger partial charge >= 0.3 is 0 Å². The molecule has 0 unspecified atom stereocenters. The Morgan fingerprint density at radius 1 is 1.00 bits per heavy atom. The lowest BCUT2D eigenvalue weighted by atomic mass is 9.98. The highest BCUT2D eigenvalue weighted by atomic mass is 19.2. The summed E-state index contributed by atoms with van der Waals surface area (Å²) in [6.07, 6.45) is 0. The lowest BCUT2D eigenvalue weighted by Gasteiger charge is -2.12. The molecular formula is C16H14F2O3. The van der Waals surface area contributed by atoms with E-state index in [-0.39, 0.29) is 11.1 Å². The van der Waals surface area contributed by atoms with Gasteiger partial charge in [0.1, 0.15) is 0 Å². The van der Waals surface area contributed by atoms with Gasteiger partial charge in [-0.05, 0) is 36.8 Å². The molecule has 0 saturated carbocycles. The molecule has 21 heavy (non-hydrogen) atoms. The molecule has 0 radical (unpaired) electrons. The van der Waals surface area contributed by atoms with Crippen molar-refractivity contribution in [2.24, 2.45) is 0 Å². The van der Waals surface area contributed by atoms with E-state index < -0.39 is 17.4 Å². The maximum Gasteiger partial charge on any atom is 0.196 e. The smallest absolute Gasteiger partial charge is 0.196 e. The van der Waals surface area contributed by atoms with Crippen LogP contribution in [0, 0.1) is 18.6 Å². The summed E-state index contributed by atoms with van der Waals surface area (Å²) in [6, 6.07) is 6.58. The van der Waals surface area contributed by atoms with Gasteiger partial charge in [0.2, 0.25) is 0 Å². The molecule has 0 amide bonds. The fourth-order valence-corrected chi connectivity index (χ4v) is 2.05. The minimum Gasteiger partial charge on any atom is -0.493 e. The average molecular weight is 292 g/mol. The molecule has 0 N–H and O–H groups in total. The first-order valence-corrected chi connectivity index (χ1v) is 6.21. The van der Waals surface area contributed by atoms with Crippen molar-refractivity contribution in [1.82, 2.24) is 0 Å². The third-order valence-corrected chi connectivity index (χ3v) is 3.17. The van der Waals surface area contributed by atoms with Crippen LogP contribution in [-0.4, -0.2) is 20.0 Å². The Balaban J connectivity index is 2.56. The fraction of sp³-hybridized carbons (Fsp3) is 0.188. The van der Waals surface area contributed by atoms with Crippen LogP contribution in [0.4, 0.5) is 8.78 Å². The zero-order chi connectivity index (χ0) is 15.6. The molecule has 0 atom stereocenters. The van der Waals surface area contributed by atoms with Crippen molar-refractivity contribution in [2.45, 2.75) is 6.92 Å². The average Bonchev–Trinajstić information content (AvgIpc) is 2.49. The lowest BCUT2D eigenvalue weighted by molar-refractivity contribution is 0.103. The van der Waals surface area contributed by atoms with Gasteiger partial charge in [-0.25, -0.2) is 8.78 Å². The summed E-state index contributed by atoms with van der Waals surface area (Å²) in [5.74, 6) is -2.00. The Hall–Kier alpha value is -2.43. The molecule has 2 rings (SSSR count). The zero-order valence-electron chi connectivity index (χ0n) is 11.9. The van der Waals surface area contributed by atoms with E-state index in [1.165, 1.54) is 32.4 Å². The van der Waals surface area contributed by atoms with E-state index in [1.54, 1.807) is 13.0 Å². The van der Waals surface area contributed by atoms with Crippen LogP contribution in [0.15, 0.2) is 30.3 Å². The highest BCUT2D eigenvalue weighted by molar-refractivity contribution is 6.10. The number of carbonyl (C=O) groups is 1. The number of rotatable bonds is 4. The van der Waals surface area contributed by atoms with Crippen LogP contribution in [0.1, 0.15) is 21.5 Å². The summed E-state index contributed by atoms with van der Waals surface area (Å²) in [5.41, 5.74) is 0.504. The van der Waals surface area contributed by atoms with E-state index in [0.717, 1.165) is 6.07 Å². The first-order chi connectivity index (χ1) is 9.99. The number of ketones is 1. The van der Waals surface area contributed by atoms with Crippen LogP contribution < -0.4 is 9.47 Å². The Kier molecular flexibility index (Phi) is 4.21. The largest absolute Gasteiger partial charge is 0.493 e. The van der Waals surface area contributed by atoms with Crippen LogP contribution in [0.25, 0.3) is 0 Å². The van der Waals surface area contributed by atoms with Gasteiger partial charge in [0.05, 0.1) is 19.8 Å². The van der Waals surface area contributed by atoms with Crippen LogP contribution in [0.2, 0.25) is 0 Å². The standard InChI is InChI=1S/C16H14F2O3/c1-9-7-13(20-2)14(21-3)8-11(9)16(19)10-5-4-6-12(17)15(10)18/h4-8H,1-3H3. The quantitative estimate of drug-likeness (QED) is 0.809. The van der Waals surface area contributed by atoms with Crippen LogP contribution >= 0.6 is 0 Å². The first kappa shape index (κ1) is 15.0. The fourth-order valence-electron chi connectivity index (χ4n) is 2.05. The number of benzene rings is 2. The second kappa shape index (κ2) is 5.91. The van der Waals surface area contributed by atoms with Gasteiger partial charge in [0.15, 0.2) is 28.9 Å². The van der Waals surface area contributed by atoms with Gasteiger partial charge in [-0.3, -0.25) is 4.79 Å². The number of hydrogen-bond donors (Lipinski definition) is 0. The van der Waals surface area contributed by atoms with E-state index in [0.29, 0.717) is 17.1 Å². The monoisotopic (exact) mass is 292 g/mol. The van der Waals surface area contributed by atoms with E-state index in [1.807, 2.05) is 0 Å². The molecule has 3 nitrogen and oxygen atoms in total. The Bertz CT molecular complexity index is 696. The summed E-state index contributed by atoms with van der Waals surface area (Å²) in [5, 5.41) is 0. The van der Waals surface area contributed by atoms with Crippen molar-refractivity contribution >= 4 is 5.78 Å². The molecule has 0 aromatic heterocycles. The maximum absolute atomic E-state index is 13.7. The van der Waals surface area contributed by atoms with Crippen molar-refractivity contribution in [3.05, 3.63) is 58.7 Å². The molecule has 0 aliphatic rings. The minimum absolute atomic E-state index is 0.233. The Labute approximate surface area is 121 Å². The third kappa shape index (κ3) is 2.72. The molecule has 0 aliphatic heterocycles. The molecule has 110 valence electrons. The molecule has 0 saturated heterocycles. The number of methoxy groups -OCH3 is 2. The topological polar surface area (TPSA) is 35.5 Å². The van der Waals surface area contributed by atoms with Gasteiger partial charge in [-0.1, -0.05) is 6.07 Å². The second-order valence-electron chi connectivity index (χ2n) is 4.45. The Morgan fingerprint density at radius 3 is 2.24 bits per heavy atom. The minimum atomic E-state index is -1.16. The predicted molar refractivity (Wildman–Crippen MR) is 74.1 cm³/mol. The summed E-state index contributed by atoms with van der Waals surface area (Å²) >= 11 is 0. The van der Waals surface area contributed by atoms with Crippen LogP contribution in [0.5, 0.6) is 11.5 Å². The number of carbonyl (C=O) groups excluding carboxylic acids is 1. The number of ether oxygens (including phenoxy) is 2. The number of aryl methyl sites for hydroxylation is 1. The maximum atomic E-state index is 13.7. The summed E-state index contributed by atoms with van der Waals surface area (Å²) in [7, 11) is 2.91. The molecule has 2 aromatic carbocycles. The molecule has 0 aliphatic carbocycles. The number of halogens is 2. The van der Waals surface area contributed by atoms with E-state index in [2.05, 4.69) is 0 Å². The summed E-state index contributed by atoms with van der Waals surface area (Å²) < 4.78 is 37.3. The van der Waals surface area contributed by atoms with Crippen molar-refractivity contribution in [3.63, 3.8) is 0 Å². The molecular weight excluding hydrogens is 278 g/mol. The predicted octanol–water partition coefficient (Wildman–Crippen LogP) is 3.52. The SMILES string of the molecule is COc1cc(C)c(C(=O)c2cccc(F)c2F)cc1OC. The van der Waals surface area contributed by atoms with E-state index >= 15 is 0 Å². The molecule has 2 aromatic rings. The van der Waals surface area contributed by atoms with Crippen molar-refractivity contribution < 1.29 is 23.0 Å². The third-order valence-electron chi connectivity index (χ3n) is 3.17. The van der Waals surface area contributed by atoms with Crippen molar-refractivity contribution in [2.75, 3.05) is 14.2 Å². The zero-order valence-corrected chi connectivity index (χ0v) is 11.9. The van der Waals surface area contributed by atoms with E-state index in [9.17, 15) is 13.6 Å². The molecule has 0 bridgehead atoms. The van der Waals surface area contributed by atoms with Gasteiger partial charge in [-0.15, -0.1) is 0 Å². The van der Waals surface area contributed by atoms with Gasteiger partial charge < -0.3 is 9.47 Å². The summed E-state index contributed by atoms with van der Waals surface area (Å²) in [6.45, 7) is 1.69. The normalized spacial score (nSPS) is 10.3. The molecule has 0 fully saturated rings. The lowest BCUT2D eigenvalue weighted by Crippen LogP contribution is -2.08. The van der Waals surface area contributed by atoms with Crippen molar-refractivity contribution in [1.29, 1.82) is 0 Å². The second-order valence-corrected chi connectivity index (χ2v) is 4.45. The molecule has 0 heterocycles. The molecule has 0 spiro atoms. The van der Waals surface area contributed by atoms with Gasteiger partial charge in [0, 0.05) is 5.56 Å². The first-order valence-electron chi connectivity index (χ1n) is 6.21. The Morgan fingerprint density at radius 2 is 1.62 bits per heavy atom. The van der Waals surface area contributed by atoms with Gasteiger partial charge in [-0.2, -0.15) is 0 Å². The van der Waals surface area contributed by atoms with Gasteiger partial charge in [0.25, 0.3) is 0 Å². The molecule has 5 heteroatoms. The van der Waals surface area contributed by atoms with Crippen LogP contribution in [-0.2, 0) is 0 Å². The van der Waals surface area contributed by atoms with Crippen molar-refractivity contribution in [3.8, 4) is 11.5 Å². The highest BCUT2D eigenvalue weighted by Gasteiger charge is 2.20. The number of hydrogen-bond acceptors (Lipinski definition) is 3. The van der Waals surface area contributed by atoms with E-state index in [4.69, 9.17) is 9.47 Å². The van der Waals surface area contributed by atoms with Crippen LogP contribution in [0.3, 0.4) is 0 Å².